The van der Waals surface area contributed by atoms with Gasteiger partial charge in [-0.1, -0.05) is 19.8 Å². The Kier molecular flexibility index (Phi) is 4.98. The number of hydrogen-bond donors (Lipinski definition) is 2. The average molecular weight is 278 g/mol. The lowest BCUT2D eigenvalue weighted by atomic mass is 9.87. The molecule has 0 bridgehead atoms. The van der Waals surface area contributed by atoms with Gasteiger partial charge in [0.15, 0.2) is 0 Å². The fraction of sp³-hybridized carbons (Fsp3) is 0.786. The number of rotatable bonds is 5. The molecule has 1 fully saturated rings. The first-order valence-corrected chi connectivity index (χ1v) is 7.65. The fourth-order valence-electron chi connectivity index (χ4n) is 2.84. The molecule has 2 atom stereocenters. The SMILES string of the molecule is CCN(CC)c1nc(N)nc(NC2CCCC(C)C2)n1. The summed E-state index contributed by atoms with van der Waals surface area (Å²) < 4.78 is 0. The monoisotopic (exact) mass is 278 g/mol. The maximum absolute atomic E-state index is 5.81. The van der Waals surface area contributed by atoms with Crippen LogP contribution in [0.5, 0.6) is 0 Å². The summed E-state index contributed by atoms with van der Waals surface area (Å²) in [6.07, 6.45) is 4.94. The van der Waals surface area contributed by atoms with Crippen LogP contribution < -0.4 is 16.0 Å². The summed E-state index contributed by atoms with van der Waals surface area (Å²) >= 11 is 0. The molecule has 0 spiro atoms. The van der Waals surface area contributed by atoms with Gasteiger partial charge < -0.3 is 16.0 Å². The van der Waals surface area contributed by atoms with E-state index in [4.69, 9.17) is 5.73 Å². The molecule has 0 amide bonds. The molecular weight excluding hydrogens is 252 g/mol. The number of aromatic nitrogens is 3. The lowest BCUT2D eigenvalue weighted by Gasteiger charge is -2.27. The highest BCUT2D eigenvalue weighted by Gasteiger charge is 2.20. The second kappa shape index (κ2) is 6.72. The predicted molar refractivity (Wildman–Crippen MR) is 82.8 cm³/mol. The molecule has 1 aliphatic rings. The van der Waals surface area contributed by atoms with Crippen LogP contribution in [0.25, 0.3) is 0 Å². The van der Waals surface area contributed by atoms with E-state index in [9.17, 15) is 0 Å². The highest BCUT2D eigenvalue weighted by atomic mass is 15.3. The van der Waals surface area contributed by atoms with Crippen LogP contribution >= 0.6 is 0 Å². The largest absolute Gasteiger partial charge is 0.368 e. The second-order valence-corrected chi connectivity index (χ2v) is 5.60. The normalized spacial score (nSPS) is 22.6. The summed E-state index contributed by atoms with van der Waals surface area (Å²) in [5, 5.41) is 3.43. The molecule has 1 aliphatic carbocycles. The zero-order valence-electron chi connectivity index (χ0n) is 12.8. The van der Waals surface area contributed by atoms with E-state index < -0.39 is 0 Å². The molecule has 1 aromatic rings. The quantitative estimate of drug-likeness (QED) is 0.860. The van der Waals surface area contributed by atoms with Crippen LogP contribution in [0.1, 0.15) is 46.5 Å². The summed E-state index contributed by atoms with van der Waals surface area (Å²) in [6, 6.07) is 0.449. The minimum Gasteiger partial charge on any atom is -0.368 e. The minimum atomic E-state index is 0.285. The molecule has 2 unspecified atom stereocenters. The Balaban J connectivity index is 2.11. The van der Waals surface area contributed by atoms with Crippen LogP contribution in [-0.4, -0.2) is 34.1 Å². The summed E-state index contributed by atoms with van der Waals surface area (Å²) in [6.45, 7) is 8.19. The zero-order valence-corrected chi connectivity index (χ0v) is 12.8. The second-order valence-electron chi connectivity index (χ2n) is 5.60. The van der Waals surface area contributed by atoms with Gasteiger partial charge in [0, 0.05) is 19.1 Å². The molecule has 112 valence electrons. The van der Waals surface area contributed by atoms with Crippen molar-refractivity contribution in [3.05, 3.63) is 0 Å². The van der Waals surface area contributed by atoms with Gasteiger partial charge in [0.1, 0.15) is 0 Å². The van der Waals surface area contributed by atoms with E-state index in [0.29, 0.717) is 17.9 Å². The van der Waals surface area contributed by atoms with Gasteiger partial charge in [0.2, 0.25) is 17.8 Å². The van der Waals surface area contributed by atoms with Crippen molar-refractivity contribution in [2.24, 2.45) is 5.92 Å². The zero-order chi connectivity index (χ0) is 14.5. The Hall–Kier alpha value is -1.59. The maximum Gasteiger partial charge on any atom is 0.231 e. The van der Waals surface area contributed by atoms with Gasteiger partial charge in [0.05, 0.1) is 0 Å². The van der Waals surface area contributed by atoms with Crippen LogP contribution in [0, 0.1) is 5.92 Å². The molecule has 0 aromatic carbocycles. The Bertz CT molecular complexity index is 432. The van der Waals surface area contributed by atoms with E-state index >= 15 is 0 Å². The van der Waals surface area contributed by atoms with Crippen molar-refractivity contribution in [1.82, 2.24) is 15.0 Å². The van der Waals surface area contributed by atoms with Crippen LogP contribution in [0.15, 0.2) is 0 Å². The molecule has 1 aromatic heterocycles. The van der Waals surface area contributed by atoms with Crippen LogP contribution in [0.4, 0.5) is 17.8 Å². The van der Waals surface area contributed by atoms with Crippen molar-refractivity contribution in [2.75, 3.05) is 29.0 Å². The van der Waals surface area contributed by atoms with E-state index in [0.717, 1.165) is 19.0 Å². The van der Waals surface area contributed by atoms with Gasteiger partial charge >= 0.3 is 0 Å². The van der Waals surface area contributed by atoms with Crippen LogP contribution in [-0.2, 0) is 0 Å². The average Bonchev–Trinajstić information content (AvgIpc) is 2.39. The van der Waals surface area contributed by atoms with Crippen molar-refractivity contribution >= 4 is 17.8 Å². The van der Waals surface area contributed by atoms with E-state index in [-0.39, 0.29) is 5.95 Å². The van der Waals surface area contributed by atoms with Crippen molar-refractivity contribution in [3.63, 3.8) is 0 Å². The van der Waals surface area contributed by atoms with Crippen molar-refractivity contribution in [3.8, 4) is 0 Å². The highest BCUT2D eigenvalue weighted by molar-refractivity contribution is 5.42. The Morgan fingerprint density at radius 1 is 1.20 bits per heavy atom. The molecule has 0 radical (unpaired) electrons. The third-order valence-corrected chi connectivity index (χ3v) is 3.96. The first kappa shape index (κ1) is 14.8. The Morgan fingerprint density at radius 3 is 2.60 bits per heavy atom. The van der Waals surface area contributed by atoms with Crippen molar-refractivity contribution < 1.29 is 0 Å². The Labute approximate surface area is 121 Å². The molecular formula is C14H26N6. The molecule has 1 saturated carbocycles. The molecule has 1 heterocycles. The van der Waals surface area contributed by atoms with Gasteiger partial charge in [-0.3, -0.25) is 0 Å². The molecule has 6 nitrogen and oxygen atoms in total. The Morgan fingerprint density at radius 2 is 1.95 bits per heavy atom. The first-order chi connectivity index (χ1) is 9.62. The number of anilines is 3. The summed E-state index contributed by atoms with van der Waals surface area (Å²) in [7, 11) is 0. The van der Waals surface area contributed by atoms with Crippen molar-refractivity contribution in [2.45, 2.75) is 52.5 Å². The molecule has 0 saturated heterocycles. The molecule has 20 heavy (non-hydrogen) atoms. The number of nitrogens with one attached hydrogen (secondary N) is 1. The van der Waals surface area contributed by atoms with Crippen LogP contribution in [0.3, 0.4) is 0 Å². The van der Waals surface area contributed by atoms with E-state index in [1.54, 1.807) is 0 Å². The third-order valence-electron chi connectivity index (χ3n) is 3.96. The topological polar surface area (TPSA) is 80.0 Å². The standard InChI is InChI=1S/C14H26N6/c1-4-20(5-2)14-18-12(15)17-13(19-14)16-11-8-6-7-10(3)9-11/h10-11H,4-9H2,1-3H3,(H3,15,16,17,18,19). The molecule has 0 aliphatic heterocycles. The van der Waals surface area contributed by atoms with E-state index in [1.807, 2.05) is 0 Å². The van der Waals surface area contributed by atoms with E-state index in [2.05, 4.69) is 45.9 Å². The highest BCUT2D eigenvalue weighted by Crippen LogP contribution is 2.25. The number of nitrogens with two attached hydrogens (primary N) is 1. The smallest absolute Gasteiger partial charge is 0.231 e. The third kappa shape index (κ3) is 3.71. The van der Waals surface area contributed by atoms with Gasteiger partial charge in [-0.15, -0.1) is 0 Å². The lowest BCUT2D eigenvalue weighted by Crippen LogP contribution is -2.29. The van der Waals surface area contributed by atoms with Gasteiger partial charge in [-0.05, 0) is 32.6 Å². The number of nitrogens with zero attached hydrogens (tertiary/aromatic N) is 4. The summed E-state index contributed by atoms with van der Waals surface area (Å²) in [5.41, 5.74) is 5.81. The van der Waals surface area contributed by atoms with Crippen LogP contribution in [0.2, 0.25) is 0 Å². The number of hydrogen-bond acceptors (Lipinski definition) is 6. The molecule has 6 heteroatoms. The molecule has 3 N–H and O–H groups in total. The summed E-state index contributed by atoms with van der Waals surface area (Å²) in [4.78, 5) is 15.0. The summed E-state index contributed by atoms with van der Waals surface area (Å²) in [5.74, 6) is 2.32. The van der Waals surface area contributed by atoms with Crippen molar-refractivity contribution in [1.29, 1.82) is 0 Å². The molecule has 2 rings (SSSR count). The van der Waals surface area contributed by atoms with Gasteiger partial charge in [0.25, 0.3) is 0 Å². The predicted octanol–water partition coefficient (Wildman–Crippen LogP) is 2.29. The lowest BCUT2D eigenvalue weighted by molar-refractivity contribution is 0.357. The number of nitrogen functional groups attached to an aromatic ring is 1. The minimum absolute atomic E-state index is 0.285. The van der Waals surface area contributed by atoms with Gasteiger partial charge in [-0.2, -0.15) is 15.0 Å². The fourth-order valence-corrected chi connectivity index (χ4v) is 2.84. The van der Waals surface area contributed by atoms with Gasteiger partial charge in [-0.25, -0.2) is 0 Å². The maximum atomic E-state index is 5.81. The first-order valence-electron chi connectivity index (χ1n) is 7.65. The van der Waals surface area contributed by atoms with E-state index in [1.165, 1.54) is 25.7 Å².